The Morgan fingerprint density at radius 1 is 1.38 bits per heavy atom. The number of aromatic nitrogens is 2. The number of aliphatic hydroxyl groups is 1. The number of aliphatic hydroxyl groups excluding tert-OH is 1. The van der Waals surface area contributed by atoms with E-state index in [1.807, 2.05) is 13.0 Å². The molecule has 2 rings (SSSR count). The van der Waals surface area contributed by atoms with Crippen LogP contribution in [0.1, 0.15) is 22.9 Å². The molecule has 2 aromatic rings. The minimum absolute atomic E-state index is 0.455. The van der Waals surface area contributed by atoms with Gasteiger partial charge in [0, 0.05) is 24.2 Å². The van der Waals surface area contributed by atoms with Crippen LogP contribution in [-0.4, -0.2) is 15.1 Å². The third-order valence-corrected chi connectivity index (χ3v) is 2.58. The van der Waals surface area contributed by atoms with Crippen LogP contribution in [0.15, 0.2) is 36.8 Å². The molecule has 0 saturated heterocycles. The summed E-state index contributed by atoms with van der Waals surface area (Å²) in [5.74, 6) is 0. The maximum atomic E-state index is 10.1. The van der Waals surface area contributed by atoms with E-state index >= 15 is 0 Å². The Hall–Kier alpha value is -1.45. The fourth-order valence-electron chi connectivity index (χ4n) is 1.48. The van der Waals surface area contributed by atoms with Crippen molar-refractivity contribution < 1.29 is 5.11 Å². The Balaban J connectivity index is 2.39. The van der Waals surface area contributed by atoms with E-state index in [9.17, 15) is 5.11 Å². The average Bonchev–Trinajstić information content (AvgIpc) is 2.29. The fraction of sp³-hybridized carbons (Fsp3) is 0.167. The van der Waals surface area contributed by atoms with Crippen molar-refractivity contribution in [3.63, 3.8) is 0 Å². The molecular formula is C12H11ClN2O. The number of halogens is 1. The summed E-state index contributed by atoms with van der Waals surface area (Å²) in [6, 6.07) is 5.30. The van der Waals surface area contributed by atoms with Crippen LogP contribution in [0, 0.1) is 6.92 Å². The largest absolute Gasteiger partial charge is 0.382 e. The quantitative estimate of drug-likeness (QED) is 0.869. The second-order valence-electron chi connectivity index (χ2n) is 3.57. The smallest absolute Gasteiger partial charge is 0.124 e. The lowest BCUT2D eigenvalue weighted by molar-refractivity contribution is 0.215. The van der Waals surface area contributed by atoms with Gasteiger partial charge in [-0.25, -0.2) is 0 Å². The van der Waals surface area contributed by atoms with Gasteiger partial charge in [0.1, 0.15) is 6.10 Å². The second kappa shape index (κ2) is 4.60. The number of nitrogens with zero attached hydrogens (tertiary/aromatic N) is 2. The molecule has 2 heterocycles. The van der Waals surface area contributed by atoms with Gasteiger partial charge in [0.2, 0.25) is 0 Å². The topological polar surface area (TPSA) is 46.0 Å². The summed E-state index contributed by atoms with van der Waals surface area (Å²) >= 11 is 5.97. The van der Waals surface area contributed by atoms with Crippen molar-refractivity contribution in [1.29, 1.82) is 0 Å². The summed E-state index contributed by atoms with van der Waals surface area (Å²) in [5, 5.41) is 10.6. The van der Waals surface area contributed by atoms with E-state index in [4.69, 9.17) is 11.6 Å². The monoisotopic (exact) mass is 234 g/mol. The zero-order chi connectivity index (χ0) is 11.5. The van der Waals surface area contributed by atoms with Crippen molar-refractivity contribution in [2.75, 3.05) is 0 Å². The molecule has 0 amide bonds. The Morgan fingerprint density at radius 3 is 2.88 bits per heavy atom. The number of pyridine rings is 2. The molecular weight excluding hydrogens is 224 g/mol. The Bertz CT molecular complexity index is 502. The zero-order valence-corrected chi connectivity index (χ0v) is 9.52. The summed E-state index contributed by atoms with van der Waals surface area (Å²) in [6.45, 7) is 1.92. The van der Waals surface area contributed by atoms with Crippen molar-refractivity contribution in [2.24, 2.45) is 0 Å². The number of hydrogen-bond donors (Lipinski definition) is 1. The number of hydrogen-bond acceptors (Lipinski definition) is 3. The normalized spacial score (nSPS) is 12.4. The van der Waals surface area contributed by atoms with Gasteiger partial charge in [0.25, 0.3) is 0 Å². The second-order valence-corrected chi connectivity index (χ2v) is 3.98. The molecule has 0 bridgehead atoms. The maximum Gasteiger partial charge on any atom is 0.124 e. The van der Waals surface area contributed by atoms with Gasteiger partial charge in [0.15, 0.2) is 0 Å². The van der Waals surface area contributed by atoms with Crippen LogP contribution in [0.2, 0.25) is 5.02 Å². The predicted molar refractivity (Wildman–Crippen MR) is 62.3 cm³/mol. The average molecular weight is 235 g/mol. The molecule has 1 N–H and O–H groups in total. The van der Waals surface area contributed by atoms with E-state index in [1.165, 1.54) is 0 Å². The highest BCUT2D eigenvalue weighted by molar-refractivity contribution is 6.31. The van der Waals surface area contributed by atoms with Gasteiger partial charge in [0.05, 0.1) is 10.7 Å². The van der Waals surface area contributed by atoms with Gasteiger partial charge >= 0.3 is 0 Å². The lowest BCUT2D eigenvalue weighted by Gasteiger charge is -2.11. The molecule has 0 saturated carbocycles. The SMILES string of the molecule is Cc1cncc(C(O)c2ncccc2Cl)c1. The summed E-state index contributed by atoms with van der Waals surface area (Å²) < 4.78 is 0. The molecule has 0 aliphatic carbocycles. The minimum atomic E-state index is -0.832. The molecule has 0 spiro atoms. The molecule has 4 heteroatoms. The first kappa shape index (κ1) is 11.0. The molecule has 0 aromatic carbocycles. The van der Waals surface area contributed by atoms with Crippen LogP contribution >= 0.6 is 11.6 Å². The molecule has 2 aromatic heterocycles. The molecule has 82 valence electrons. The lowest BCUT2D eigenvalue weighted by atomic mass is 10.1. The fourth-order valence-corrected chi connectivity index (χ4v) is 1.71. The summed E-state index contributed by atoms with van der Waals surface area (Å²) in [6.07, 6.45) is 4.12. The van der Waals surface area contributed by atoms with E-state index in [-0.39, 0.29) is 0 Å². The maximum absolute atomic E-state index is 10.1. The van der Waals surface area contributed by atoms with Gasteiger partial charge in [-0.15, -0.1) is 0 Å². The van der Waals surface area contributed by atoms with Crippen LogP contribution in [-0.2, 0) is 0 Å². The van der Waals surface area contributed by atoms with Gasteiger partial charge in [-0.1, -0.05) is 17.7 Å². The molecule has 0 aliphatic heterocycles. The molecule has 0 aliphatic rings. The highest BCUT2D eigenvalue weighted by atomic mass is 35.5. The van der Waals surface area contributed by atoms with E-state index < -0.39 is 6.10 Å². The Morgan fingerprint density at radius 2 is 2.19 bits per heavy atom. The lowest BCUT2D eigenvalue weighted by Crippen LogP contribution is -2.03. The van der Waals surface area contributed by atoms with Gasteiger partial charge < -0.3 is 5.11 Å². The summed E-state index contributed by atoms with van der Waals surface area (Å²) in [7, 11) is 0. The molecule has 0 radical (unpaired) electrons. The predicted octanol–water partition coefficient (Wildman–Crippen LogP) is 2.52. The van der Waals surface area contributed by atoms with Gasteiger partial charge in [-0.05, 0) is 24.6 Å². The van der Waals surface area contributed by atoms with E-state index in [0.717, 1.165) is 5.56 Å². The number of aryl methyl sites for hydroxylation is 1. The molecule has 1 unspecified atom stereocenters. The van der Waals surface area contributed by atoms with Crippen molar-refractivity contribution in [1.82, 2.24) is 9.97 Å². The Labute approximate surface area is 98.8 Å². The Kier molecular flexibility index (Phi) is 3.17. The van der Waals surface area contributed by atoms with Gasteiger partial charge in [-0.2, -0.15) is 0 Å². The van der Waals surface area contributed by atoms with E-state index in [0.29, 0.717) is 16.3 Å². The number of rotatable bonds is 2. The highest BCUT2D eigenvalue weighted by Gasteiger charge is 2.15. The van der Waals surface area contributed by atoms with Crippen LogP contribution in [0.25, 0.3) is 0 Å². The van der Waals surface area contributed by atoms with Crippen LogP contribution in [0.4, 0.5) is 0 Å². The molecule has 1 atom stereocenters. The molecule has 3 nitrogen and oxygen atoms in total. The first-order chi connectivity index (χ1) is 7.68. The third-order valence-electron chi connectivity index (χ3n) is 2.26. The van der Waals surface area contributed by atoms with Gasteiger partial charge in [-0.3, -0.25) is 9.97 Å². The van der Waals surface area contributed by atoms with Crippen LogP contribution in [0.5, 0.6) is 0 Å². The molecule has 16 heavy (non-hydrogen) atoms. The first-order valence-electron chi connectivity index (χ1n) is 4.88. The van der Waals surface area contributed by atoms with Crippen LogP contribution in [0.3, 0.4) is 0 Å². The zero-order valence-electron chi connectivity index (χ0n) is 8.76. The standard InChI is InChI=1S/C12H11ClN2O/c1-8-5-9(7-14-6-8)12(16)11-10(13)3-2-4-15-11/h2-7,12,16H,1H3. The summed E-state index contributed by atoms with van der Waals surface area (Å²) in [4.78, 5) is 8.10. The summed E-state index contributed by atoms with van der Waals surface area (Å²) in [5.41, 5.74) is 2.14. The van der Waals surface area contributed by atoms with Crippen LogP contribution < -0.4 is 0 Å². The van der Waals surface area contributed by atoms with Crippen molar-refractivity contribution in [2.45, 2.75) is 13.0 Å². The van der Waals surface area contributed by atoms with Crippen molar-refractivity contribution >= 4 is 11.6 Å². The molecule has 0 fully saturated rings. The highest BCUT2D eigenvalue weighted by Crippen LogP contribution is 2.25. The van der Waals surface area contributed by atoms with Crippen molar-refractivity contribution in [3.05, 3.63) is 58.6 Å². The van der Waals surface area contributed by atoms with Crippen molar-refractivity contribution in [3.8, 4) is 0 Å². The van der Waals surface area contributed by atoms with E-state index in [1.54, 1.807) is 30.7 Å². The first-order valence-corrected chi connectivity index (χ1v) is 5.26. The minimum Gasteiger partial charge on any atom is -0.382 e. The van der Waals surface area contributed by atoms with E-state index in [2.05, 4.69) is 9.97 Å². The third kappa shape index (κ3) is 2.21.